The summed E-state index contributed by atoms with van der Waals surface area (Å²) in [7, 11) is 0. The standard InChI is InChI=1S/C10H20N2O/c1-3-8(4-2)12-10(13)9-6-5-7-11-9/h8-9,11H,3-7H2,1-2H3,(H,12,13)/t9-/m1/s1. The fourth-order valence-electron chi connectivity index (χ4n) is 1.70. The van der Waals surface area contributed by atoms with Crippen LogP contribution >= 0.6 is 0 Å². The summed E-state index contributed by atoms with van der Waals surface area (Å²) in [4.78, 5) is 11.6. The number of rotatable bonds is 4. The molecule has 1 amide bonds. The highest BCUT2D eigenvalue weighted by Gasteiger charge is 2.22. The van der Waals surface area contributed by atoms with Crippen LogP contribution in [0.5, 0.6) is 0 Å². The molecule has 1 aliphatic heterocycles. The van der Waals surface area contributed by atoms with Gasteiger partial charge in [0.25, 0.3) is 0 Å². The maximum atomic E-state index is 11.6. The van der Waals surface area contributed by atoms with Crippen molar-refractivity contribution in [3.05, 3.63) is 0 Å². The lowest BCUT2D eigenvalue weighted by atomic mass is 10.1. The largest absolute Gasteiger partial charge is 0.352 e. The predicted molar refractivity (Wildman–Crippen MR) is 53.5 cm³/mol. The Labute approximate surface area is 80.3 Å². The number of carbonyl (C=O) groups excluding carboxylic acids is 1. The molecule has 1 heterocycles. The Morgan fingerprint density at radius 1 is 1.54 bits per heavy atom. The van der Waals surface area contributed by atoms with E-state index in [9.17, 15) is 4.79 Å². The van der Waals surface area contributed by atoms with Gasteiger partial charge in [-0.15, -0.1) is 0 Å². The molecule has 0 radical (unpaired) electrons. The summed E-state index contributed by atoms with van der Waals surface area (Å²) in [5.41, 5.74) is 0. The van der Waals surface area contributed by atoms with Crippen molar-refractivity contribution in [2.45, 2.75) is 51.6 Å². The van der Waals surface area contributed by atoms with Gasteiger partial charge in [0.2, 0.25) is 5.91 Å². The molecular formula is C10H20N2O. The van der Waals surface area contributed by atoms with Gasteiger partial charge >= 0.3 is 0 Å². The maximum Gasteiger partial charge on any atom is 0.237 e. The van der Waals surface area contributed by atoms with Gasteiger partial charge in [0.15, 0.2) is 0 Å². The zero-order valence-corrected chi connectivity index (χ0v) is 8.60. The van der Waals surface area contributed by atoms with Crippen LogP contribution in [0.25, 0.3) is 0 Å². The summed E-state index contributed by atoms with van der Waals surface area (Å²) in [5, 5.41) is 6.25. The molecule has 13 heavy (non-hydrogen) atoms. The Kier molecular flexibility index (Phi) is 4.22. The van der Waals surface area contributed by atoms with Crippen molar-refractivity contribution in [2.24, 2.45) is 0 Å². The minimum atomic E-state index is 0.0700. The lowest BCUT2D eigenvalue weighted by molar-refractivity contribution is -0.123. The van der Waals surface area contributed by atoms with Crippen molar-refractivity contribution in [1.29, 1.82) is 0 Å². The third-order valence-electron chi connectivity index (χ3n) is 2.71. The van der Waals surface area contributed by atoms with Crippen LogP contribution in [0.2, 0.25) is 0 Å². The van der Waals surface area contributed by atoms with E-state index in [1.165, 1.54) is 0 Å². The first-order chi connectivity index (χ1) is 6.27. The minimum absolute atomic E-state index is 0.0700. The van der Waals surface area contributed by atoms with Crippen molar-refractivity contribution in [1.82, 2.24) is 10.6 Å². The maximum absolute atomic E-state index is 11.6. The van der Waals surface area contributed by atoms with Crippen LogP contribution < -0.4 is 10.6 Å². The van der Waals surface area contributed by atoms with Crippen LogP contribution in [0.15, 0.2) is 0 Å². The Morgan fingerprint density at radius 3 is 2.69 bits per heavy atom. The highest BCUT2D eigenvalue weighted by atomic mass is 16.2. The Hall–Kier alpha value is -0.570. The number of carbonyl (C=O) groups is 1. The van der Waals surface area contributed by atoms with Gasteiger partial charge in [0, 0.05) is 6.04 Å². The lowest BCUT2D eigenvalue weighted by Crippen LogP contribution is -2.44. The number of hydrogen-bond donors (Lipinski definition) is 2. The molecule has 3 heteroatoms. The molecule has 0 aromatic rings. The van der Waals surface area contributed by atoms with Gasteiger partial charge < -0.3 is 10.6 Å². The molecule has 2 N–H and O–H groups in total. The van der Waals surface area contributed by atoms with E-state index in [-0.39, 0.29) is 11.9 Å². The fraction of sp³-hybridized carbons (Fsp3) is 0.900. The zero-order valence-electron chi connectivity index (χ0n) is 8.60. The van der Waals surface area contributed by atoms with E-state index in [4.69, 9.17) is 0 Å². The smallest absolute Gasteiger partial charge is 0.237 e. The second-order valence-corrected chi connectivity index (χ2v) is 3.67. The molecule has 1 aliphatic rings. The summed E-state index contributed by atoms with van der Waals surface area (Å²) in [6.07, 6.45) is 4.16. The SMILES string of the molecule is CCC(CC)NC(=O)[C@H]1CCCN1. The van der Waals surface area contributed by atoms with Gasteiger partial charge in [-0.25, -0.2) is 0 Å². The highest BCUT2D eigenvalue weighted by Crippen LogP contribution is 2.06. The van der Waals surface area contributed by atoms with Crippen molar-refractivity contribution < 1.29 is 4.79 Å². The Balaban J connectivity index is 2.30. The Bertz CT molecular complexity index is 160. The number of hydrogen-bond acceptors (Lipinski definition) is 2. The average Bonchev–Trinajstić information content (AvgIpc) is 2.66. The third kappa shape index (κ3) is 2.99. The van der Waals surface area contributed by atoms with Gasteiger partial charge in [0.05, 0.1) is 6.04 Å². The van der Waals surface area contributed by atoms with Crippen LogP contribution in [0.1, 0.15) is 39.5 Å². The second-order valence-electron chi connectivity index (χ2n) is 3.67. The lowest BCUT2D eigenvalue weighted by Gasteiger charge is -2.17. The second kappa shape index (κ2) is 5.22. The van der Waals surface area contributed by atoms with Crippen LogP contribution in [0.3, 0.4) is 0 Å². The van der Waals surface area contributed by atoms with Gasteiger partial charge in [-0.1, -0.05) is 13.8 Å². The van der Waals surface area contributed by atoms with E-state index >= 15 is 0 Å². The summed E-state index contributed by atoms with van der Waals surface area (Å²) in [6.45, 7) is 5.20. The van der Waals surface area contributed by atoms with Gasteiger partial charge in [-0.05, 0) is 32.2 Å². The molecule has 0 spiro atoms. The molecule has 0 aromatic carbocycles. The molecule has 1 rings (SSSR count). The van der Waals surface area contributed by atoms with Crippen LogP contribution in [0.4, 0.5) is 0 Å². The van der Waals surface area contributed by atoms with Crippen molar-refractivity contribution >= 4 is 5.91 Å². The third-order valence-corrected chi connectivity index (χ3v) is 2.71. The molecule has 76 valence electrons. The van der Waals surface area contributed by atoms with Crippen LogP contribution in [-0.4, -0.2) is 24.5 Å². The molecular weight excluding hydrogens is 164 g/mol. The monoisotopic (exact) mass is 184 g/mol. The topological polar surface area (TPSA) is 41.1 Å². The van der Waals surface area contributed by atoms with Gasteiger partial charge in [-0.2, -0.15) is 0 Å². The summed E-state index contributed by atoms with van der Waals surface area (Å²) in [5.74, 6) is 0.186. The van der Waals surface area contributed by atoms with Crippen LogP contribution in [-0.2, 0) is 4.79 Å². The summed E-state index contributed by atoms with van der Waals surface area (Å²) < 4.78 is 0. The van der Waals surface area contributed by atoms with E-state index in [1.807, 2.05) is 0 Å². The van der Waals surface area contributed by atoms with Gasteiger partial charge in [-0.3, -0.25) is 4.79 Å². The quantitative estimate of drug-likeness (QED) is 0.685. The van der Waals surface area contributed by atoms with Gasteiger partial charge in [0.1, 0.15) is 0 Å². The molecule has 1 atom stereocenters. The van der Waals surface area contributed by atoms with Crippen LogP contribution in [0, 0.1) is 0 Å². The van der Waals surface area contributed by atoms with E-state index < -0.39 is 0 Å². The normalized spacial score (nSPS) is 22.2. The zero-order chi connectivity index (χ0) is 9.68. The Morgan fingerprint density at radius 2 is 2.23 bits per heavy atom. The van der Waals surface area contributed by atoms with E-state index in [0.717, 1.165) is 32.2 Å². The average molecular weight is 184 g/mol. The first-order valence-corrected chi connectivity index (χ1v) is 5.31. The molecule has 0 aliphatic carbocycles. The number of nitrogens with one attached hydrogen (secondary N) is 2. The number of amides is 1. The van der Waals surface area contributed by atoms with E-state index in [0.29, 0.717) is 6.04 Å². The molecule has 0 saturated carbocycles. The summed E-state index contributed by atoms with van der Waals surface area (Å²) >= 11 is 0. The fourth-order valence-corrected chi connectivity index (χ4v) is 1.70. The molecule has 0 aromatic heterocycles. The minimum Gasteiger partial charge on any atom is -0.352 e. The first kappa shape index (κ1) is 10.5. The molecule has 0 bridgehead atoms. The van der Waals surface area contributed by atoms with E-state index in [1.54, 1.807) is 0 Å². The van der Waals surface area contributed by atoms with Crippen molar-refractivity contribution in [3.8, 4) is 0 Å². The highest BCUT2D eigenvalue weighted by molar-refractivity contribution is 5.82. The van der Waals surface area contributed by atoms with Crippen molar-refractivity contribution in [3.63, 3.8) is 0 Å². The van der Waals surface area contributed by atoms with Crippen molar-refractivity contribution in [2.75, 3.05) is 6.54 Å². The molecule has 3 nitrogen and oxygen atoms in total. The molecule has 1 fully saturated rings. The first-order valence-electron chi connectivity index (χ1n) is 5.31. The summed E-state index contributed by atoms with van der Waals surface area (Å²) in [6, 6.07) is 0.426. The predicted octanol–water partition coefficient (Wildman–Crippen LogP) is 1.04. The molecule has 1 saturated heterocycles. The van der Waals surface area contributed by atoms with E-state index in [2.05, 4.69) is 24.5 Å². The molecule has 0 unspecified atom stereocenters.